The third kappa shape index (κ3) is 4.14. The van der Waals surface area contributed by atoms with Gasteiger partial charge in [0.15, 0.2) is 0 Å². The van der Waals surface area contributed by atoms with E-state index in [0.717, 1.165) is 43.4 Å². The highest BCUT2D eigenvalue weighted by Crippen LogP contribution is 2.40. The van der Waals surface area contributed by atoms with Gasteiger partial charge in [0.1, 0.15) is 11.8 Å². The zero-order chi connectivity index (χ0) is 17.8. The Morgan fingerprint density at radius 1 is 1.28 bits per heavy atom. The van der Waals surface area contributed by atoms with Crippen LogP contribution in [0.15, 0.2) is 24.3 Å². The fourth-order valence-corrected chi connectivity index (χ4v) is 3.69. The monoisotopic (exact) mass is 344 g/mol. The number of hydrogen-bond acceptors (Lipinski definition) is 3. The summed E-state index contributed by atoms with van der Waals surface area (Å²) in [5.74, 6) is 1.62. The minimum atomic E-state index is -0.299. The lowest BCUT2D eigenvalue weighted by atomic mass is 10.00. The number of likely N-dealkylation sites (tertiary alicyclic amines) is 1. The number of hydrogen-bond donors (Lipinski definition) is 1. The van der Waals surface area contributed by atoms with Crippen molar-refractivity contribution in [2.45, 2.75) is 45.1 Å². The van der Waals surface area contributed by atoms with Crippen LogP contribution in [0.5, 0.6) is 5.75 Å². The molecule has 5 nitrogen and oxygen atoms in total. The minimum absolute atomic E-state index is 0.0174. The molecule has 1 aromatic rings. The first-order valence-corrected chi connectivity index (χ1v) is 9.32. The molecule has 2 aliphatic rings. The summed E-state index contributed by atoms with van der Waals surface area (Å²) >= 11 is 0. The average molecular weight is 344 g/mol. The van der Waals surface area contributed by atoms with Crippen molar-refractivity contribution in [3.63, 3.8) is 0 Å². The van der Waals surface area contributed by atoms with Crippen molar-refractivity contribution in [3.05, 3.63) is 29.8 Å². The molecule has 25 heavy (non-hydrogen) atoms. The molecule has 1 heterocycles. The largest absolute Gasteiger partial charge is 0.496 e. The third-order valence-electron chi connectivity index (χ3n) is 5.40. The Kier molecular flexibility index (Phi) is 5.61. The van der Waals surface area contributed by atoms with Gasteiger partial charge in [-0.3, -0.25) is 9.59 Å². The first-order valence-electron chi connectivity index (χ1n) is 9.32. The van der Waals surface area contributed by atoms with Crippen LogP contribution >= 0.6 is 0 Å². The molecule has 0 bridgehead atoms. The molecule has 0 aromatic heterocycles. The summed E-state index contributed by atoms with van der Waals surface area (Å²) < 4.78 is 5.35. The normalized spacial score (nSPS) is 25.4. The second-order valence-corrected chi connectivity index (χ2v) is 7.22. The molecule has 0 unspecified atom stereocenters. The highest BCUT2D eigenvalue weighted by molar-refractivity contribution is 5.89. The van der Waals surface area contributed by atoms with Crippen LogP contribution in [0.1, 0.15) is 38.2 Å². The second kappa shape index (κ2) is 7.89. The molecule has 3 atom stereocenters. The van der Waals surface area contributed by atoms with Gasteiger partial charge in [-0.05, 0) is 49.7 Å². The van der Waals surface area contributed by atoms with Gasteiger partial charge in [0, 0.05) is 19.0 Å². The molecular formula is C20H28N2O3. The second-order valence-electron chi connectivity index (χ2n) is 7.22. The number of ether oxygens (including phenoxy) is 1. The number of nitrogens with zero attached hydrogens (tertiary/aromatic N) is 1. The standard InChI is InChI=1S/C20H28N2O3/c1-14-13-16(14)20(24)22-12-6-5-8-17(22)19(23)21-11-10-15-7-3-4-9-18(15)25-2/h3-4,7,9,14,16-17H,5-6,8,10-13H2,1-2H3,(H,21,23)/t14-,16-,17+/m1/s1. The van der Waals surface area contributed by atoms with Gasteiger partial charge in [0.2, 0.25) is 11.8 Å². The Labute approximate surface area is 149 Å². The van der Waals surface area contributed by atoms with Crippen LogP contribution < -0.4 is 10.1 Å². The van der Waals surface area contributed by atoms with E-state index in [4.69, 9.17) is 4.74 Å². The molecule has 1 aliphatic heterocycles. The lowest BCUT2D eigenvalue weighted by Gasteiger charge is -2.35. The summed E-state index contributed by atoms with van der Waals surface area (Å²) in [4.78, 5) is 27.1. The molecule has 2 fully saturated rings. The van der Waals surface area contributed by atoms with Crippen molar-refractivity contribution in [3.8, 4) is 5.75 Å². The van der Waals surface area contributed by atoms with E-state index in [2.05, 4.69) is 12.2 Å². The summed E-state index contributed by atoms with van der Waals surface area (Å²) in [6, 6.07) is 7.54. The molecule has 1 saturated heterocycles. The van der Waals surface area contributed by atoms with Gasteiger partial charge < -0.3 is 15.0 Å². The van der Waals surface area contributed by atoms with E-state index in [9.17, 15) is 9.59 Å². The predicted molar refractivity (Wildman–Crippen MR) is 96.3 cm³/mol. The van der Waals surface area contributed by atoms with Crippen LogP contribution in [-0.2, 0) is 16.0 Å². The molecule has 0 spiro atoms. The van der Waals surface area contributed by atoms with Crippen LogP contribution in [0.4, 0.5) is 0 Å². The molecule has 0 radical (unpaired) electrons. The number of nitrogens with one attached hydrogen (secondary N) is 1. The van der Waals surface area contributed by atoms with Crippen LogP contribution in [0.3, 0.4) is 0 Å². The number of benzene rings is 1. The molecule has 3 rings (SSSR count). The molecule has 136 valence electrons. The van der Waals surface area contributed by atoms with Crippen molar-refractivity contribution in [2.75, 3.05) is 20.2 Å². The number of para-hydroxylation sites is 1. The molecule has 2 amide bonds. The first kappa shape index (κ1) is 17.8. The molecular weight excluding hydrogens is 316 g/mol. The number of amides is 2. The Balaban J connectivity index is 1.54. The van der Waals surface area contributed by atoms with Crippen LogP contribution in [0.25, 0.3) is 0 Å². The molecule has 5 heteroatoms. The molecule has 1 N–H and O–H groups in total. The maximum atomic E-state index is 12.6. The number of methoxy groups -OCH3 is 1. The first-order chi connectivity index (χ1) is 12.1. The summed E-state index contributed by atoms with van der Waals surface area (Å²) in [7, 11) is 1.65. The van der Waals surface area contributed by atoms with E-state index in [1.807, 2.05) is 29.2 Å². The van der Waals surface area contributed by atoms with Crippen molar-refractivity contribution in [1.82, 2.24) is 10.2 Å². The van der Waals surface area contributed by atoms with Crippen molar-refractivity contribution in [2.24, 2.45) is 11.8 Å². The molecule has 1 saturated carbocycles. The number of piperidine rings is 1. The van der Waals surface area contributed by atoms with E-state index in [0.29, 0.717) is 19.0 Å². The number of rotatable bonds is 6. The van der Waals surface area contributed by atoms with Gasteiger partial charge in [-0.1, -0.05) is 25.1 Å². The van der Waals surface area contributed by atoms with Gasteiger partial charge in [-0.25, -0.2) is 0 Å². The topological polar surface area (TPSA) is 58.6 Å². The van der Waals surface area contributed by atoms with Gasteiger partial charge in [-0.15, -0.1) is 0 Å². The minimum Gasteiger partial charge on any atom is -0.496 e. The number of carbonyl (C=O) groups is 2. The van der Waals surface area contributed by atoms with Crippen molar-refractivity contribution < 1.29 is 14.3 Å². The summed E-state index contributed by atoms with van der Waals surface area (Å²) in [6.07, 6.45) is 4.47. The third-order valence-corrected chi connectivity index (χ3v) is 5.40. The van der Waals surface area contributed by atoms with Gasteiger partial charge in [-0.2, -0.15) is 0 Å². The van der Waals surface area contributed by atoms with Crippen molar-refractivity contribution in [1.29, 1.82) is 0 Å². The lowest BCUT2D eigenvalue weighted by molar-refractivity contribution is -0.143. The Bertz CT molecular complexity index is 631. The Morgan fingerprint density at radius 2 is 2.04 bits per heavy atom. The van der Waals surface area contributed by atoms with E-state index in [-0.39, 0.29) is 23.8 Å². The van der Waals surface area contributed by atoms with E-state index >= 15 is 0 Å². The maximum absolute atomic E-state index is 12.6. The Morgan fingerprint density at radius 3 is 2.76 bits per heavy atom. The zero-order valence-corrected chi connectivity index (χ0v) is 15.2. The maximum Gasteiger partial charge on any atom is 0.242 e. The smallest absolute Gasteiger partial charge is 0.242 e. The fraction of sp³-hybridized carbons (Fsp3) is 0.600. The van der Waals surface area contributed by atoms with Gasteiger partial charge in [0.05, 0.1) is 7.11 Å². The van der Waals surface area contributed by atoms with Gasteiger partial charge in [0.25, 0.3) is 0 Å². The zero-order valence-electron chi connectivity index (χ0n) is 15.2. The highest BCUT2D eigenvalue weighted by Gasteiger charge is 2.44. The molecule has 1 aromatic carbocycles. The van der Waals surface area contributed by atoms with Crippen LogP contribution in [0, 0.1) is 11.8 Å². The van der Waals surface area contributed by atoms with E-state index in [1.165, 1.54) is 0 Å². The highest BCUT2D eigenvalue weighted by atomic mass is 16.5. The van der Waals surface area contributed by atoms with Crippen molar-refractivity contribution >= 4 is 11.8 Å². The SMILES string of the molecule is COc1ccccc1CCNC(=O)[C@@H]1CCCCN1C(=O)[C@@H]1C[C@H]1C. The summed E-state index contributed by atoms with van der Waals surface area (Å²) in [5.41, 5.74) is 1.08. The average Bonchev–Trinajstić information content (AvgIpc) is 3.38. The molecule has 1 aliphatic carbocycles. The van der Waals surface area contributed by atoms with Gasteiger partial charge >= 0.3 is 0 Å². The summed E-state index contributed by atoms with van der Waals surface area (Å²) in [6.45, 7) is 3.37. The Hall–Kier alpha value is -2.04. The van der Waals surface area contributed by atoms with Crippen LogP contribution in [-0.4, -0.2) is 43.0 Å². The quantitative estimate of drug-likeness (QED) is 0.862. The predicted octanol–water partition coefficient (Wildman–Crippen LogP) is 2.39. The number of carbonyl (C=O) groups excluding carboxylic acids is 2. The summed E-state index contributed by atoms with van der Waals surface area (Å²) in [5, 5.41) is 3.02. The lowest BCUT2D eigenvalue weighted by Crippen LogP contribution is -2.52. The van der Waals surface area contributed by atoms with E-state index in [1.54, 1.807) is 7.11 Å². The van der Waals surface area contributed by atoms with E-state index < -0.39 is 0 Å². The van der Waals surface area contributed by atoms with Crippen LogP contribution in [0.2, 0.25) is 0 Å². The fourth-order valence-electron chi connectivity index (χ4n) is 3.69.